The zero-order valence-corrected chi connectivity index (χ0v) is 5.23. The molecule has 0 unspecified atom stereocenters. The molecule has 1 saturated heterocycles. The Labute approximate surface area is 49.1 Å². The molecule has 0 saturated carbocycles. The van der Waals surface area contributed by atoms with Crippen molar-refractivity contribution in [3.8, 4) is 0 Å². The second-order valence-electron chi connectivity index (χ2n) is 2.52. The van der Waals surface area contributed by atoms with Crippen molar-refractivity contribution in [1.29, 1.82) is 0 Å². The SMILES string of the molecule is C=C1OCC(C)(C)O1. The van der Waals surface area contributed by atoms with Crippen molar-refractivity contribution in [3.05, 3.63) is 12.5 Å². The van der Waals surface area contributed by atoms with Gasteiger partial charge in [0, 0.05) is 0 Å². The van der Waals surface area contributed by atoms with Crippen LogP contribution in [0, 0.1) is 0 Å². The fraction of sp³-hybridized carbons (Fsp3) is 0.667. The van der Waals surface area contributed by atoms with Crippen molar-refractivity contribution in [2.24, 2.45) is 0 Å². The van der Waals surface area contributed by atoms with Crippen LogP contribution in [0.1, 0.15) is 13.8 Å². The van der Waals surface area contributed by atoms with Crippen LogP contribution in [0.2, 0.25) is 0 Å². The molecule has 0 spiro atoms. The van der Waals surface area contributed by atoms with Gasteiger partial charge in [-0.2, -0.15) is 0 Å². The van der Waals surface area contributed by atoms with Gasteiger partial charge in [0.05, 0.1) is 0 Å². The summed E-state index contributed by atoms with van der Waals surface area (Å²) in [5.41, 5.74) is -0.156. The third-order valence-electron chi connectivity index (χ3n) is 0.971. The smallest absolute Gasteiger partial charge is 0.272 e. The molecule has 0 N–H and O–H groups in total. The van der Waals surface area contributed by atoms with Gasteiger partial charge < -0.3 is 9.47 Å². The van der Waals surface area contributed by atoms with Crippen molar-refractivity contribution < 1.29 is 9.47 Å². The van der Waals surface area contributed by atoms with Crippen LogP contribution in [0.3, 0.4) is 0 Å². The summed E-state index contributed by atoms with van der Waals surface area (Å²) in [7, 11) is 0. The van der Waals surface area contributed by atoms with E-state index in [4.69, 9.17) is 9.47 Å². The lowest BCUT2D eigenvalue weighted by molar-refractivity contribution is 0.0827. The highest BCUT2D eigenvalue weighted by Crippen LogP contribution is 2.22. The second kappa shape index (κ2) is 1.41. The van der Waals surface area contributed by atoms with Crippen LogP contribution in [-0.2, 0) is 9.47 Å². The summed E-state index contributed by atoms with van der Waals surface area (Å²) in [5.74, 6) is 0.440. The quantitative estimate of drug-likeness (QED) is 0.472. The maximum absolute atomic E-state index is 5.13. The van der Waals surface area contributed by atoms with Gasteiger partial charge in [-0.1, -0.05) is 0 Å². The summed E-state index contributed by atoms with van der Waals surface area (Å²) >= 11 is 0. The van der Waals surface area contributed by atoms with Crippen LogP contribution in [0.5, 0.6) is 0 Å². The minimum Gasteiger partial charge on any atom is -0.462 e. The maximum Gasteiger partial charge on any atom is 0.272 e. The second-order valence-corrected chi connectivity index (χ2v) is 2.52. The van der Waals surface area contributed by atoms with Gasteiger partial charge in [-0.05, 0) is 20.4 Å². The zero-order valence-electron chi connectivity index (χ0n) is 5.23. The molecule has 1 aliphatic rings. The average Bonchev–Trinajstić information content (AvgIpc) is 1.82. The highest BCUT2D eigenvalue weighted by molar-refractivity contribution is 4.85. The van der Waals surface area contributed by atoms with Gasteiger partial charge in [0.1, 0.15) is 12.2 Å². The van der Waals surface area contributed by atoms with Crippen molar-refractivity contribution in [1.82, 2.24) is 0 Å². The Balaban J connectivity index is 2.56. The van der Waals surface area contributed by atoms with E-state index in [1.54, 1.807) is 0 Å². The van der Waals surface area contributed by atoms with E-state index in [1.165, 1.54) is 0 Å². The fourth-order valence-electron chi connectivity index (χ4n) is 0.621. The Morgan fingerprint density at radius 2 is 2.25 bits per heavy atom. The molecule has 0 bridgehead atoms. The van der Waals surface area contributed by atoms with Crippen molar-refractivity contribution in [2.75, 3.05) is 6.61 Å². The highest BCUT2D eigenvalue weighted by atomic mass is 16.7. The van der Waals surface area contributed by atoms with E-state index >= 15 is 0 Å². The Kier molecular flexibility index (Phi) is 0.962. The lowest BCUT2D eigenvalue weighted by atomic mass is 10.2. The van der Waals surface area contributed by atoms with E-state index in [2.05, 4.69) is 6.58 Å². The highest BCUT2D eigenvalue weighted by Gasteiger charge is 2.28. The van der Waals surface area contributed by atoms with Gasteiger partial charge in [-0.25, -0.2) is 0 Å². The van der Waals surface area contributed by atoms with Gasteiger partial charge >= 0.3 is 0 Å². The Morgan fingerprint density at radius 3 is 2.38 bits per heavy atom. The summed E-state index contributed by atoms with van der Waals surface area (Å²) in [4.78, 5) is 0. The minimum absolute atomic E-state index is 0.156. The molecule has 0 aliphatic carbocycles. The molecule has 1 aliphatic heterocycles. The molecule has 2 heteroatoms. The van der Waals surface area contributed by atoms with Crippen molar-refractivity contribution in [3.63, 3.8) is 0 Å². The number of rotatable bonds is 0. The summed E-state index contributed by atoms with van der Waals surface area (Å²) in [6.07, 6.45) is 0. The van der Waals surface area contributed by atoms with E-state index in [-0.39, 0.29) is 5.60 Å². The first-order chi connectivity index (χ1) is 3.60. The zero-order chi connectivity index (χ0) is 6.20. The maximum atomic E-state index is 5.13. The molecule has 0 radical (unpaired) electrons. The summed E-state index contributed by atoms with van der Waals surface area (Å²) < 4.78 is 10.1. The molecular weight excluding hydrogens is 104 g/mol. The summed E-state index contributed by atoms with van der Waals surface area (Å²) in [5, 5.41) is 0. The molecule has 0 amide bonds. The lowest BCUT2D eigenvalue weighted by Gasteiger charge is -2.11. The predicted molar refractivity (Wildman–Crippen MR) is 30.3 cm³/mol. The van der Waals surface area contributed by atoms with Gasteiger partial charge in [0.15, 0.2) is 0 Å². The van der Waals surface area contributed by atoms with Crippen LogP contribution in [0.15, 0.2) is 12.5 Å². The Hall–Kier alpha value is -0.660. The van der Waals surface area contributed by atoms with Crippen LogP contribution in [0.4, 0.5) is 0 Å². The molecule has 0 aromatic heterocycles. The van der Waals surface area contributed by atoms with E-state index < -0.39 is 0 Å². The van der Waals surface area contributed by atoms with Crippen LogP contribution in [-0.4, -0.2) is 12.2 Å². The first-order valence-electron chi connectivity index (χ1n) is 2.61. The molecule has 8 heavy (non-hydrogen) atoms. The number of ether oxygens (including phenoxy) is 2. The molecule has 1 rings (SSSR count). The first-order valence-corrected chi connectivity index (χ1v) is 2.61. The number of hydrogen-bond donors (Lipinski definition) is 0. The average molecular weight is 114 g/mol. The van der Waals surface area contributed by atoms with Crippen molar-refractivity contribution >= 4 is 0 Å². The first kappa shape index (κ1) is 5.48. The third kappa shape index (κ3) is 0.941. The van der Waals surface area contributed by atoms with Gasteiger partial charge in [0.25, 0.3) is 5.95 Å². The molecule has 0 aromatic rings. The normalized spacial score (nSPS) is 24.5. The third-order valence-corrected chi connectivity index (χ3v) is 0.971. The van der Waals surface area contributed by atoms with Crippen LogP contribution < -0.4 is 0 Å². The molecule has 2 nitrogen and oxygen atoms in total. The largest absolute Gasteiger partial charge is 0.462 e. The summed E-state index contributed by atoms with van der Waals surface area (Å²) in [6.45, 7) is 8.05. The molecule has 0 aromatic carbocycles. The predicted octanol–water partition coefficient (Wildman–Crippen LogP) is 1.28. The number of hydrogen-bond acceptors (Lipinski definition) is 2. The minimum atomic E-state index is -0.156. The van der Waals surface area contributed by atoms with E-state index in [0.29, 0.717) is 12.6 Å². The molecule has 0 atom stereocenters. The summed E-state index contributed by atoms with van der Waals surface area (Å²) in [6, 6.07) is 0. The van der Waals surface area contributed by atoms with Crippen LogP contribution >= 0.6 is 0 Å². The lowest BCUT2D eigenvalue weighted by Crippen LogP contribution is -2.20. The van der Waals surface area contributed by atoms with Gasteiger partial charge in [-0.15, -0.1) is 0 Å². The Bertz CT molecular complexity index is 116. The standard InChI is InChI=1S/C6H10O2/c1-5-7-4-6(2,3)8-5/h1,4H2,2-3H3. The molecule has 1 heterocycles. The molecular formula is C6H10O2. The monoisotopic (exact) mass is 114 g/mol. The van der Waals surface area contributed by atoms with E-state index in [9.17, 15) is 0 Å². The van der Waals surface area contributed by atoms with Crippen molar-refractivity contribution in [2.45, 2.75) is 19.4 Å². The molecule has 1 fully saturated rings. The fourth-order valence-corrected chi connectivity index (χ4v) is 0.621. The van der Waals surface area contributed by atoms with Crippen LogP contribution in [0.25, 0.3) is 0 Å². The molecule has 46 valence electrons. The topological polar surface area (TPSA) is 18.5 Å². The van der Waals surface area contributed by atoms with E-state index in [1.807, 2.05) is 13.8 Å². The Morgan fingerprint density at radius 1 is 1.62 bits per heavy atom. The van der Waals surface area contributed by atoms with E-state index in [0.717, 1.165) is 0 Å². The van der Waals surface area contributed by atoms with Gasteiger partial charge in [0.2, 0.25) is 0 Å². The van der Waals surface area contributed by atoms with Gasteiger partial charge in [-0.3, -0.25) is 0 Å².